The summed E-state index contributed by atoms with van der Waals surface area (Å²) in [6, 6.07) is 4.80. The second-order valence-electron chi connectivity index (χ2n) is 4.80. The van der Waals surface area contributed by atoms with Crippen molar-refractivity contribution in [3.05, 3.63) is 52.6 Å². The Morgan fingerprint density at radius 3 is 2.68 bits per heavy atom. The van der Waals surface area contributed by atoms with E-state index in [1.807, 2.05) is 31.8 Å². The standard InChI is InChI=1S/C14H19FN4/c1-9-6-12(15)5-4-11(9)7-14(18-16)13-8-17-19(3)10(13)2/h4-6,8,14,18H,7,16H2,1-3H3. The summed E-state index contributed by atoms with van der Waals surface area (Å²) in [6.07, 6.45) is 2.52. The van der Waals surface area contributed by atoms with E-state index in [4.69, 9.17) is 5.84 Å². The molecule has 0 aliphatic rings. The fourth-order valence-corrected chi connectivity index (χ4v) is 2.22. The van der Waals surface area contributed by atoms with Gasteiger partial charge in [-0.05, 0) is 43.5 Å². The van der Waals surface area contributed by atoms with Crippen LogP contribution < -0.4 is 11.3 Å². The largest absolute Gasteiger partial charge is 0.273 e. The molecule has 2 aromatic rings. The van der Waals surface area contributed by atoms with E-state index in [1.54, 1.807) is 12.1 Å². The van der Waals surface area contributed by atoms with Crippen molar-refractivity contribution in [2.45, 2.75) is 26.3 Å². The van der Waals surface area contributed by atoms with E-state index >= 15 is 0 Å². The van der Waals surface area contributed by atoms with Gasteiger partial charge in [0.2, 0.25) is 0 Å². The van der Waals surface area contributed by atoms with Gasteiger partial charge in [-0.25, -0.2) is 4.39 Å². The Morgan fingerprint density at radius 1 is 1.42 bits per heavy atom. The summed E-state index contributed by atoms with van der Waals surface area (Å²) in [5.41, 5.74) is 6.96. The normalized spacial score (nSPS) is 12.7. The number of nitrogens with one attached hydrogen (secondary N) is 1. The van der Waals surface area contributed by atoms with Gasteiger partial charge in [0.05, 0.1) is 12.2 Å². The summed E-state index contributed by atoms with van der Waals surface area (Å²) < 4.78 is 14.9. The molecule has 1 atom stereocenters. The highest BCUT2D eigenvalue weighted by molar-refractivity contribution is 5.30. The van der Waals surface area contributed by atoms with Crippen molar-refractivity contribution in [2.24, 2.45) is 12.9 Å². The van der Waals surface area contributed by atoms with E-state index in [0.29, 0.717) is 6.42 Å². The summed E-state index contributed by atoms with van der Waals surface area (Å²) in [6.45, 7) is 3.91. The highest BCUT2D eigenvalue weighted by Crippen LogP contribution is 2.22. The van der Waals surface area contributed by atoms with E-state index in [0.717, 1.165) is 22.4 Å². The number of aromatic nitrogens is 2. The summed E-state index contributed by atoms with van der Waals surface area (Å²) in [5.74, 6) is 5.44. The van der Waals surface area contributed by atoms with Crippen LogP contribution in [0, 0.1) is 19.7 Å². The number of nitrogens with two attached hydrogens (primary N) is 1. The third-order valence-electron chi connectivity index (χ3n) is 3.58. The molecule has 0 amide bonds. The number of hydrogen-bond donors (Lipinski definition) is 2. The van der Waals surface area contributed by atoms with E-state index in [9.17, 15) is 4.39 Å². The lowest BCUT2D eigenvalue weighted by Crippen LogP contribution is -2.30. The van der Waals surface area contributed by atoms with Crippen molar-refractivity contribution in [3.63, 3.8) is 0 Å². The van der Waals surface area contributed by atoms with Crippen molar-refractivity contribution in [1.29, 1.82) is 0 Å². The molecule has 1 unspecified atom stereocenters. The van der Waals surface area contributed by atoms with Crippen LogP contribution >= 0.6 is 0 Å². The Bertz CT molecular complexity index is 577. The smallest absolute Gasteiger partial charge is 0.123 e. The lowest BCUT2D eigenvalue weighted by Gasteiger charge is -2.17. The first-order valence-corrected chi connectivity index (χ1v) is 6.22. The Labute approximate surface area is 112 Å². The molecule has 19 heavy (non-hydrogen) atoms. The maximum absolute atomic E-state index is 13.1. The van der Waals surface area contributed by atoms with Crippen LogP contribution in [-0.2, 0) is 13.5 Å². The molecule has 102 valence electrons. The molecular weight excluding hydrogens is 243 g/mol. The lowest BCUT2D eigenvalue weighted by molar-refractivity contribution is 0.545. The molecule has 1 aromatic carbocycles. The highest BCUT2D eigenvalue weighted by Gasteiger charge is 2.17. The summed E-state index contributed by atoms with van der Waals surface area (Å²) >= 11 is 0. The molecule has 1 aromatic heterocycles. The number of halogens is 1. The minimum Gasteiger partial charge on any atom is -0.273 e. The first-order chi connectivity index (χ1) is 9.02. The SMILES string of the molecule is Cc1cc(F)ccc1CC(NN)c1cnn(C)c1C. The maximum atomic E-state index is 13.1. The Kier molecular flexibility index (Phi) is 3.97. The van der Waals surface area contributed by atoms with Crippen molar-refractivity contribution in [1.82, 2.24) is 15.2 Å². The zero-order chi connectivity index (χ0) is 14.0. The van der Waals surface area contributed by atoms with Crippen LogP contribution in [0.3, 0.4) is 0 Å². The number of benzene rings is 1. The molecule has 0 saturated carbocycles. The first kappa shape index (κ1) is 13.7. The van der Waals surface area contributed by atoms with Gasteiger partial charge < -0.3 is 0 Å². The van der Waals surface area contributed by atoms with Gasteiger partial charge in [0.25, 0.3) is 0 Å². The molecular formula is C14H19FN4. The maximum Gasteiger partial charge on any atom is 0.123 e. The minimum absolute atomic E-state index is 0.0298. The van der Waals surface area contributed by atoms with Crippen molar-refractivity contribution < 1.29 is 4.39 Å². The molecule has 1 heterocycles. The van der Waals surface area contributed by atoms with Crippen LogP contribution in [0.1, 0.15) is 28.4 Å². The Balaban J connectivity index is 2.26. The Morgan fingerprint density at radius 2 is 2.16 bits per heavy atom. The van der Waals surface area contributed by atoms with Crippen molar-refractivity contribution in [3.8, 4) is 0 Å². The molecule has 4 nitrogen and oxygen atoms in total. The zero-order valence-corrected chi connectivity index (χ0v) is 11.4. The van der Waals surface area contributed by atoms with Crippen LogP contribution in [-0.4, -0.2) is 9.78 Å². The van der Waals surface area contributed by atoms with Crippen LogP contribution in [0.15, 0.2) is 24.4 Å². The number of hydrogen-bond acceptors (Lipinski definition) is 3. The Hall–Kier alpha value is -1.72. The molecule has 0 spiro atoms. The molecule has 5 heteroatoms. The minimum atomic E-state index is -0.212. The van der Waals surface area contributed by atoms with Gasteiger partial charge in [-0.3, -0.25) is 16.0 Å². The fourth-order valence-electron chi connectivity index (χ4n) is 2.22. The number of nitrogens with zero attached hydrogens (tertiary/aromatic N) is 2. The van der Waals surface area contributed by atoms with Gasteiger partial charge in [0, 0.05) is 18.3 Å². The van der Waals surface area contributed by atoms with Gasteiger partial charge in [0.1, 0.15) is 5.82 Å². The number of hydrazine groups is 1. The summed E-state index contributed by atoms with van der Waals surface area (Å²) in [7, 11) is 1.90. The van der Waals surface area contributed by atoms with E-state index < -0.39 is 0 Å². The average molecular weight is 262 g/mol. The molecule has 3 N–H and O–H groups in total. The quantitative estimate of drug-likeness (QED) is 0.654. The van der Waals surface area contributed by atoms with Crippen LogP contribution in [0.25, 0.3) is 0 Å². The third kappa shape index (κ3) is 2.83. The fraction of sp³-hybridized carbons (Fsp3) is 0.357. The molecule has 2 rings (SSSR count). The second kappa shape index (κ2) is 5.50. The lowest BCUT2D eigenvalue weighted by atomic mass is 9.97. The highest BCUT2D eigenvalue weighted by atomic mass is 19.1. The first-order valence-electron chi connectivity index (χ1n) is 6.22. The van der Waals surface area contributed by atoms with E-state index in [-0.39, 0.29) is 11.9 Å². The molecule has 0 aliphatic carbocycles. The third-order valence-corrected chi connectivity index (χ3v) is 3.58. The molecule has 0 aliphatic heterocycles. The molecule has 0 bridgehead atoms. The van der Waals surface area contributed by atoms with Gasteiger partial charge in [-0.1, -0.05) is 6.07 Å². The van der Waals surface area contributed by atoms with Gasteiger partial charge in [-0.15, -0.1) is 0 Å². The number of aryl methyl sites for hydroxylation is 2. The zero-order valence-electron chi connectivity index (χ0n) is 11.4. The van der Waals surface area contributed by atoms with Gasteiger partial charge >= 0.3 is 0 Å². The van der Waals surface area contributed by atoms with E-state index in [2.05, 4.69) is 10.5 Å². The number of rotatable bonds is 4. The van der Waals surface area contributed by atoms with E-state index in [1.165, 1.54) is 6.07 Å². The van der Waals surface area contributed by atoms with Gasteiger partial charge in [0.15, 0.2) is 0 Å². The predicted molar refractivity (Wildman–Crippen MR) is 72.9 cm³/mol. The topological polar surface area (TPSA) is 55.9 Å². The molecule has 0 fully saturated rings. The second-order valence-corrected chi connectivity index (χ2v) is 4.80. The monoisotopic (exact) mass is 262 g/mol. The average Bonchev–Trinajstić information content (AvgIpc) is 2.70. The van der Waals surface area contributed by atoms with Crippen LogP contribution in [0.2, 0.25) is 0 Å². The van der Waals surface area contributed by atoms with Crippen molar-refractivity contribution >= 4 is 0 Å². The van der Waals surface area contributed by atoms with Gasteiger partial charge in [-0.2, -0.15) is 5.10 Å². The van der Waals surface area contributed by atoms with Crippen LogP contribution in [0.5, 0.6) is 0 Å². The van der Waals surface area contributed by atoms with Crippen molar-refractivity contribution in [2.75, 3.05) is 0 Å². The summed E-state index contributed by atoms with van der Waals surface area (Å²) in [5, 5.41) is 4.22. The molecule has 0 radical (unpaired) electrons. The predicted octanol–water partition coefficient (Wildman–Crippen LogP) is 1.92. The molecule has 0 saturated heterocycles. The van der Waals surface area contributed by atoms with Crippen LogP contribution in [0.4, 0.5) is 4.39 Å². The summed E-state index contributed by atoms with van der Waals surface area (Å²) in [4.78, 5) is 0.